The van der Waals surface area contributed by atoms with Crippen LogP contribution in [0.5, 0.6) is 5.75 Å². The maximum atomic E-state index is 12.0. The molecular formula is C13H15N3O5S2. The lowest BCUT2D eigenvalue weighted by atomic mass is 10.3. The summed E-state index contributed by atoms with van der Waals surface area (Å²) in [5, 5.41) is 1.62. The number of hydrogen-bond donors (Lipinski definition) is 2. The first-order valence-corrected chi connectivity index (χ1v) is 8.79. The van der Waals surface area contributed by atoms with E-state index in [1.165, 1.54) is 35.9 Å². The monoisotopic (exact) mass is 357 g/mol. The Morgan fingerprint density at radius 3 is 2.48 bits per heavy atom. The second-order valence-electron chi connectivity index (χ2n) is 4.56. The number of rotatable bonds is 6. The normalized spacial score (nSPS) is 11.2. The number of hydrogen-bond acceptors (Lipinski definition) is 6. The fourth-order valence-electron chi connectivity index (χ4n) is 1.72. The van der Waals surface area contributed by atoms with Crippen LogP contribution in [0.15, 0.2) is 39.3 Å². The van der Waals surface area contributed by atoms with Crippen molar-refractivity contribution in [3.05, 3.63) is 45.0 Å². The molecule has 0 unspecified atom stereocenters. The first kappa shape index (κ1) is 17.2. The molecule has 23 heavy (non-hydrogen) atoms. The average Bonchev–Trinajstić information content (AvgIpc) is 2.85. The third-order valence-electron chi connectivity index (χ3n) is 2.97. The number of benzene rings is 1. The fourth-order valence-corrected chi connectivity index (χ4v) is 3.31. The summed E-state index contributed by atoms with van der Waals surface area (Å²) < 4.78 is 30.3. The Balaban J connectivity index is 2.01. The predicted octanol–water partition coefficient (Wildman–Crippen LogP) is 0.237. The van der Waals surface area contributed by atoms with Gasteiger partial charge in [0, 0.05) is 11.1 Å². The van der Waals surface area contributed by atoms with Crippen LogP contribution < -0.4 is 19.9 Å². The molecule has 0 spiro atoms. The second kappa shape index (κ2) is 6.94. The zero-order valence-corrected chi connectivity index (χ0v) is 14.0. The molecule has 124 valence electrons. The van der Waals surface area contributed by atoms with Gasteiger partial charge in [0.1, 0.15) is 12.3 Å². The molecule has 0 atom stereocenters. The highest BCUT2D eigenvalue weighted by Crippen LogP contribution is 2.14. The third kappa shape index (κ3) is 4.18. The average molecular weight is 357 g/mol. The van der Waals surface area contributed by atoms with Crippen molar-refractivity contribution in [2.24, 2.45) is 0 Å². The van der Waals surface area contributed by atoms with E-state index in [0.717, 1.165) is 11.3 Å². The molecule has 0 saturated carbocycles. The highest BCUT2D eigenvalue weighted by Gasteiger charge is 2.16. The van der Waals surface area contributed by atoms with Gasteiger partial charge >= 0.3 is 4.87 Å². The molecule has 2 rings (SSSR count). The fraction of sp³-hybridized carbons (Fsp3) is 0.231. The molecule has 0 aliphatic rings. The lowest BCUT2D eigenvalue weighted by Gasteiger charge is -2.09. The van der Waals surface area contributed by atoms with E-state index in [1.807, 2.05) is 4.83 Å². The van der Waals surface area contributed by atoms with Gasteiger partial charge in [-0.05, 0) is 31.2 Å². The number of hydrazine groups is 1. The summed E-state index contributed by atoms with van der Waals surface area (Å²) in [6.07, 6.45) is 0. The van der Waals surface area contributed by atoms with E-state index in [0.29, 0.717) is 11.4 Å². The number of amides is 1. The molecule has 1 amide bonds. The van der Waals surface area contributed by atoms with Crippen molar-refractivity contribution in [1.29, 1.82) is 0 Å². The van der Waals surface area contributed by atoms with Crippen LogP contribution in [0, 0.1) is 6.92 Å². The van der Waals surface area contributed by atoms with Gasteiger partial charge in [0.25, 0.3) is 15.9 Å². The number of sulfonamides is 1. The smallest absolute Gasteiger partial charge is 0.307 e. The zero-order valence-electron chi connectivity index (χ0n) is 12.4. The molecular weight excluding hydrogens is 342 g/mol. The number of methoxy groups -OCH3 is 1. The van der Waals surface area contributed by atoms with Gasteiger partial charge < -0.3 is 4.74 Å². The van der Waals surface area contributed by atoms with Crippen LogP contribution in [0.3, 0.4) is 0 Å². The Hall–Kier alpha value is -2.17. The Morgan fingerprint density at radius 2 is 1.96 bits per heavy atom. The number of nitrogens with zero attached hydrogens (tertiary/aromatic N) is 1. The van der Waals surface area contributed by atoms with Gasteiger partial charge in [-0.1, -0.05) is 11.3 Å². The molecule has 2 N–H and O–H groups in total. The van der Waals surface area contributed by atoms with Crippen LogP contribution in [0.2, 0.25) is 0 Å². The maximum Gasteiger partial charge on any atom is 0.307 e. The Morgan fingerprint density at radius 1 is 1.30 bits per heavy atom. The van der Waals surface area contributed by atoms with E-state index in [4.69, 9.17) is 4.74 Å². The standard InChI is InChI=1S/C13H15N3O5S2/c1-9-8-22-13(18)16(9)7-12(17)14-15-23(19,20)11-5-3-10(21-2)4-6-11/h3-6,8,15H,7H2,1-2H3,(H,14,17). The summed E-state index contributed by atoms with van der Waals surface area (Å²) in [5.74, 6) is -0.133. The number of carbonyl (C=O) groups excluding carboxylic acids is 1. The van der Waals surface area contributed by atoms with Gasteiger partial charge in [-0.2, -0.15) is 0 Å². The summed E-state index contributed by atoms with van der Waals surface area (Å²) in [6.45, 7) is 1.42. The number of aryl methyl sites for hydroxylation is 1. The number of aromatic nitrogens is 1. The van der Waals surface area contributed by atoms with E-state index in [9.17, 15) is 18.0 Å². The van der Waals surface area contributed by atoms with Gasteiger partial charge in [0.05, 0.1) is 12.0 Å². The summed E-state index contributed by atoms with van der Waals surface area (Å²) in [6, 6.07) is 5.68. The minimum absolute atomic E-state index is 0.0255. The SMILES string of the molecule is COc1ccc(S(=O)(=O)NNC(=O)Cn2c(C)csc2=O)cc1. The molecule has 2 aromatic rings. The number of nitrogens with one attached hydrogen (secondary N) is 2. The predicted molar refractivity (Wildman–Crippen MR) is 84.8 cm³/mol. The summed E-state index contributed by atoms with van der Waals surface area (Å²) in [5.41, 5.74) is 2.71. The zero-order chi connectivity index (χ0) is 17.0. The number of ether oxygens (including phenoxy) is 1. The van der Waals surface area contributed by atoms with Crippen molar-refractivity contribution in [3.8, 4) is 5.75 Å². The Bertz CT molecular complexity index is 852. The lowest BCUT2D eigenvalue weighted by molar-refractivity contribution is -0.122. The molecule has 0 radical (unpaired) electrons. The van der Waals surface area contributed by atoms with Crippen molar-refractivity contribution < 1.29 is 17.9 Å². The molecule has 10 heteroatoms. The molecule has 1 aromatic carbocycles. The highest BCUT2D eigenvalue weighted by atomic mass is 32.2. The van der Waals surface area contributed by atoms with Crippen LogP contribution in [0.1, 0.15) is 5.69 Å². The largest absolute Gasteiger partial charge is 0.497 e. The van der Waals surface area contributed by atoms with Crippen LogP contribution >= 0.6 is 11.3 Å². The van der Waals surface area contributed by atoms with Crippen molar-refractivity contribution in [3.63, 3.8) is 0 Å². The van der Waals surface area contributed by atoms with Crippen LogP contribution in [-0.2, 0) is 21.4 Å². The van der Waals surface area contributed by atoms with Crippen molar-refractivity contribution in [2.75, 3.05) is 7.11 Å². The van der Waals surface area contributed by atoms with Crippen LogP contribution in [0.4, 0.5) is 0 Å². The van der Waals surface area contributed by atoms with Crippen molar-refractivity contribution in [2.45, 2.75) is 18.4 Å². The van der Waals surface area contributed by atoms with E-state index < -0.39 is 15.9 Å². The highest BCUT2D eigenvalue weighted by molar-refractivity contribution is 7.89. The molecule has 0 fully saturated rings. The lowest BCUT2D eigenvalue weighted by Crippen LogP contribution is -2.43. The molecule has 0 aliphatic carbocycles. The van der Waals surface area contributed by atoms with E-state index in [1.54, 1.807) is 12.3 Å². The summed E-state index contributed by atoms with van der Waals surface area (Å²) in [4.78, 5) is 25.0. The van der Waals surface area contributed by atoms with E-state index in [-0.39, 0.29) is 16.3 Å². The third-order valence-corrected chi connectivity index (χ3v) is 5.12. The minimum atomic E-state index is -3.90. The van der Waals surface area contributed by atoms with Gasteiger partial charge in [-0.15, -0.1) is 4.83 Å². The molecule has 0 aliphatic heterocycles. The maximum absolute atomic E-state index is 12.0. The topological polar surface area (TPSA) is 106 Å². The molecule has 8 nitrogen and oxygen atoms in total. The first-order chi connectivity index (χ1) is 10.8. The second-order valence-corrected chi connectivity index (χ2v) is 7.06. The summed E-state index contributed by atoms with van der Waals surface area (Å²) >= 11 is 0.974. The Labute approximate surface area is 136 Å². The Kier molecular flexibility index (Phi) is 5.19. The van der Waals surface area contributed by atoms with Gasteiger partial charge in [-0.25, -0.2) is 8.42 Å². The quantitative estimate of drug-likeness (QED) is 0.720. The molecule has 1 heterocycles. The van der Waals surface area contributed by atoms with Crippen molar-refractivity contribution >= 4 is 27.3 Å². The first-order valence-electron chi connectivity index (χ1n) is 6.43. The molecule has 1 aromatic heterocycles. The molecule has 0 bridgehead atoms. The van der Waals surface area contributed by atoms with Crippen LogP contribution in [-0.4, -0.2) is 26.0 Å². The van der Waals surface area contributed by atoms with E-state index >= 15 is 0 Å². The number of thiazole rings is 1. The van der Waals surface area contributed by atoms with Gasteiger partial charge in [0.2, 0.25) is 0 Å². The van der Waals surface area contributed by atoms with E-state index in [2.05, 4.69) is 5.43 Å². The minimum Gasteiger partial charge on any atom is -0.497 e. The van der Waals surface area contributed by atoms with Gasteiger partial charge in [-0.3, -0.25) is 19.6 Å². The number of carbonyl (C=O) groups is 1. The van der Waals surface area contributed by atoms with Crippen LogP contribution in [0.25, 0.3) is 0 Å². The van der Waals surface area contributed by atoms with Gasteiger partial charge in [0.15, 0.2) is 0 Å². The summed E-state index contributed by atoms with van der Waals surface area (Å²) in [7, 11) is -2.43. The molecule has 0 saturated heterocycles. The van der Waals surface area contributed by atoms with Crippen molar-refractivity contribution in [1.82, 2.24) is 14.8 Å².